The third-order valence-corrected chi connectivity index (χ3v) is 2.80. The number of hydrogen-bond acceptors (Lipinski definition) is 2. The fraction of sp³-hybridized carbons (Fsp3) is 0.462. The van der Waals surface area contributed by atoms with Crippen molar-refractivity contribution in [2.24, 2.45) is 5.73 Å². The Bertz CT molecular complexity index is 393. The van der Waals surface area contributed by atoms with E-state index in [2.05, 4.69) is 12.2 Å². The zero-order valence-corrected chi connectivity index (χ0v) is 11.1. The molecule has 0 aliphatic rings. The lowest BCUT2D eigenvalue weighted by molar-refractivity contribution is -0.116. The fourth-order valence-electron chi connectivity index (χ4n) is 1.68. The Hall–Kier alpha value is -1.06. The molecule has 0 aromatic heterocycles. The maximum Gasteiger partial charge on any atom is 0.225 e. The summed E-state index contributed by atoms with van der Waals surface area (Å²) in [6, 6.07) is 5.33. The van der Waals surface area contributed by atoms with Gasteiger partial charge < -0.3 is 11.1 Å². The van der Waals surface area contributed by atoms with Gasteiger partial charge in [0.2, 0.25) is 5.91 Å². The van der Waals surface area contributed by atoms with Crippen molar-refractivity contribution in [2.45, 2.75) is 39.2 Å². The highest BCUT2D eigenvalue weighted by Crippen LogP contribution is 2.19. The number of aryl methyl sites for hydroxylation is 1. The van der Waals surface area contributed by atoms with Gasteiger partial charge in [-0.2, -0.15) is 0 Å². The predicted molar refractivity (Wildman–Crippen MR) is 72.3 cm³/mol. The van der Waals surface area contributed by atoms with Crippen LogP contribution >= 0.6 is 11.6 Å². The second-order valence-corrected chi connectivity index (χ2v) is 4.70. The molecule has 1 unspecified atom stereocenters. The first kappa shape index (κ1) is 14.0. The van der Waals surface area contributed by atoms with E-state index < -0.39 is 0 Å². The molecule has 1 rings (SSSR count). The molecule has 17 heavy (non-hydrogen) atoms. The van der Waals surface area contributed by atoms with Crippen LogP contribution in [0.15, 0.2) is 18.2 Å². The van der Waals surface area contributed by atoms with E-state index in [1.54, 1.807) is 12.1 Å². The first-order valence-electron chi connectivity index (χ1n) is 5.84. The van der Waals surface area contributed by atoms with Crippen molar-refractivity contribution in [3.63, 3.8) is 0 Å². The zero-order valence-electron chi connectivity index (χ0n) is 10.3. The summed E-state index contributed by atoms with van der Waals surface area (Å²) in [5.74, 6) is -0.0450. The van der Waals surface area contributed by atoms with Gasteiger partial charge >= 0.3 is 0 Å². The van der Waals surface area contributed by atoms with Gasteiger partial charge in [0, 0.05) is 23.2 Å². The Labute approximate surface area is 107 Å². The van der Waals surface area contributed by atoms with Crippen molar-refractivity contribution in [1.82, 2.24) is 0 Å². The Balaban J connectivity index is 2.56. The van der Waals surface area contributed by atoms with Crippen molar-refractivity contribution in [3.8, 4) is 0 Å². The van der Waals surface area contributed by atoms with Crippen LogP contribution in [0.3, 0.4) is 0 Å². The van der Waals surface area contributed by atoms with E-state index >= 15 is 0 Å². The number of anilines is 1. The SMILES string of the molecule is CCCC(N)CC(=O)Nc1ccc(Cl)cc1C. The van der Waals surface area contributed by atoms with Gasteiger partial charge in [-0.15, -0.1) is 0 Å². The van der Waals surface area contributed by atoms with E-state index in [-0.39, 0.29) is 11.9 Å². The van der Waals surface area contributed by atoms with Gasteiger partial charge in [0.05, 0.1) is 0 Å². The summed E-state index contributed by atoms with van der Waals surface area (Å²) in [4.78, 5) is 11.7. The van der Waals surface area contributed by atoms with Crippen LogP contribution in [0.1, 0.15) is 31.7 Å². The maximum atomic E-state index is 11.7. The molecule has 4 heteroatoms. The normalized spacial score (nSPS) is 12.2. The predicted octanol–water partition coefficient (Wildman–Crippen LogP) is 3.10. The van der Waals surface area contributed by atoms with Gasteiger partial charge in [0.15, 0.2) is 0 Å². The van der Waals surface area contributed by atoms with E-state index in [1.807, 2.05) is 13.0 Å². The third-order valence-electron chi connectivity index (χ3n) is 2.57. The number of benzene rings is 1. The first-order chi connectivity index (χ1) is 8.02. The number of nitrogens with one attached hydrogen (secondary N) is 1. The van der Waals surface area contributed by atoms with Crippen LogP contribution < -0.4 is 11.1 Å². The highest BCUT2D eigenvalue weighted by molar-refractivity contribution is 6.30. The number of amides is 1. The van der Waals surface area contributed by atoms with Gasteiger partial charge in [0.25, 0.3) is 0 Å². The standard InChI is InChI=1S/C13H19ClN2O/c1-3-4-11(15)8-13(17)16-12-6-5-10(14)7-9(12)2/h5-7,11H,3-4,8,15H2,1-2H3,(H,16,17). The minimum atomic E-state index is -0.0624. The van der Waals surface area contributed by atoms with Crippen LogP contribution in [0, 0.1) is 6.92 Å². The second kappa shape index (κ2) is 6.62. The molecular weight excluding hydrogens is 236 g/mol. The molecule has 0 aliphatic heterocycles. The number of halogens is 1. The van der Waals surface area contributed by atoms with Crippen LogP contribution in [0.25, 0.3) is 0 Å². The molecule has 0 aliphatic carbocycles. The van der Waals surface area contributed by atoms with E-state index in [1.165, 1.54) is 0 Å². The van der Waals surface area contributed by atoms with Gasteiger partial charge in [0.1, 0.15) is 0 Å². The third kappa shape index (κ3) is 4.75. The summed E-state index contributed by atoms with van der Waals surface area (Å²) < 4.78 is 0. The molecule has 1 aromatic carbocycles. The van der Waals surface area contributed by atoms with Gasteiger partial charge in [-0.25, -0.2) is 0 Å². The minimum Gasteiger partial charge on any atom is -0.327 e. The van der Waals surface area contributed by atoms with Gasteiger partial charge in [-0.1, -0.05) is 24.9 Å². The molecule has 0 heterocycles. The number of rotatable bonds is 5. The number of carbonyl (C=O) groups excluding carboxylic acids is 1. The molecule has 1 atom stereocenters. The van der Waals surface area contributed by atoms with Crippen LogP contribution in [0.5, 0.6) is 0 Å². The smallest absolute Gasteiger partial charge is 0.225 e. The summed E-state index contributed by atoms with van der Waals surface area (Å²) >= 11 is 5.85. The molecule has 3 N–H and O–H groups in total. The largest absolute Gasteiger partial charge is 0.327 e. The lowest BCUT2D eigenvalue weighted by atomic mass is 10.1. The number of carbonyl (C=O) groups is 1. The molecule has 0 spiro atoms. The van der Waals surface area contributed by atoms with Crippen molar-refractivity contribution in [3.05, 3.63) is 28.8 Å². The molecule has 1 aromatic rings. The van der Waals surface area contributed by atoms with Crippen molar-refractivity contribution in [1.29, 1.82) is 0 Å². The van der Waals surface area contributed by atoms with Crippen LogP contribution in [0.2, 0.25) is 5.02 Å². The zero-order chi connectivity index (χ0) is 12.8. The fourth-order valence-corrected chi connectivity index (χ4v) is 1.91. The molecule has 0 radical (unpaired) electrons. The summed E-state index contributed by atoms with van der Waals surface area (Å²) in [5.41, 5.74) is 7.57. The van der Waals surface area contributed by atoms with Gasteiger partial charge in [-0.3, -0.25) is 4.79 Å². The molecular formula is C13H19ClN2O. The molecule has 3 nitrogen and oxygen atoms in total. The molecule has 0 saturated heterocycles. The van der Waals surface area contributed by atoms with E-state index in [9.17, 15) is 4.79 Å². The summed E-state index contributed by atoms with van der Waals surface area (Å²) in [6.45, 7) is 3.97. The van der Waals surface area contributed by atoms with Crippen LogP contribution in [0.4, 0.5) is 5.69 Å². The maximum absolute atomic E-state index is 11.7. The van der Waals surface area contributed by atoms with Gasteiger partial charge in [-0.05, 0) is 37.1 Å². The minimum absolute atomic E-state index is 0.0450. The molecule has 1 amide bonds. The van der Waals surface area contributed by atoms with Crippen molar-refractivity contribution < 1.29 is 4.79 Å². The highest BCUT2D eigenvalue weighted by atomic mass is 35.5. The Kier molecular flexibility index (Phi) is 5.45. The van der Waals surface area contributed by atoms with Crippen LogP contribution in [-0.4, -0.2) is 11.9 Å². The second-order valence-electron chi connectivity index (χ2n) is 4.26. The highest BCUT2D eigenvalue weighted by Gasteiger charge is 2.09. The summed E-state index contributed by atoms with van der Waals surface area (Å²) in [6.07, 6.45) is 2.22. The molecule has 0 bridgehead atoms. The lowest BCUT2D eigenvalue weighted by Gasteiger charge is -2.12. The number of nitrogens with two attached hydrogens (primary N) is 1. The molecule has 94 valence electrons. The van der Waals surface area contributed by atoms with E-state index in [4.69, 9.17) is 17.3 Å². The number of hydrogen-bond donors (Lipinski definition) is 2. The average Bonchev–Trinajstić information content (AvgIpc) is 2.22. The van der Waals surface area contributed by atoms with E-state index in [0.29, 0.717) is 11.4 Å². The summed E-state index contributed by atoms with van der Waals surface area (Å²) in [5, 5.41) is 3.52. The van der Waals surface area contributed by atoms with E-state index in [0.717, 1.165) is 24.1 Å². The topological polar surface area (TPSA) is 55.1 Å². The average molecular weight is 255 g/mol. The Morgan fingerprint density at radius 1 is 1.53 bits per heavy atom. The molecule has 0 saturated carbocycles. The van der Waals surface area contributed by atoms with Crippen molar-refractivity contribution in [2.75, 3.05) is 5.32 Å². The monoisotopic (exact) mass is 254 g/mol. The summed E-state index contributed by atoms with van der Waals surface area (Å²) in [7, 11) is 0. The quantitative estimate of drug-likeness (QED) is 0.848. The Morgan fingerprint density at radius 3 is 2.82 bits per heavy atom. The lowest BCUT2D eigenvalue weighted by Crippen LogP contribution is -2.27. The van der Waals surface area contributed by atoms with Crippen LogP contribution in [-0.2, 0) is 4.79 Å². The first-order valence-corrected chi connectivity index (χ1v) is 6.22. The Morgan fingerprint density at radius 2 is 2.24 bits per heavy atom. The van der Waals surface area contributed by atoms with Crippen molar-refractivity contribution >= 4 is 23.2 Å². The molecule has 0 fully saturated rings.